The third-order valence-electron chi connectivity index (χ3n) is 4.71. The molecule has 1 heterocycles. The molecule has 1 fully saturated rings. The van der Waals surface area contributed by atoms with Crippen molar-refractivity contribution in [1.29, 1.82) is 0 Å². The first-order valence-electron chi connectivity index (χ1n) is 8.97. The Bertz CT molecular complexity index is 1060. The van der Waals surface area contributed by atoms with Crippen LogP contribution in [0.1, 0.15) is 28.8 Å². The highest BCUT2D eigenvalue weighted by atomic mass is 32.2. The van der Waals surface area contributed by atoms with Crippen LogP contribution in [0.15, 0.2) is 41.3 Å². The van der Waals surface area contributed by atoms with Crippen molar-refractivity contribution in [3.8, 4) is 5.75 Å². The van der Waals surface area contributed by atoms with E-state index in [4.69, 9.17) is 4.74 Å². The van der Waals surface area contributed by atoms with E-state index in [1.165, 1.54) is 44.6 Å². The number of hydrogen-bond acceptors (Lipinski definition) is 6. The molecule has 1 N–H and O–H groups in total. The summed E-state index contributed by atoms with van der Waals surface area (Å²) in [4.78, 5) is 25.4. The molecule has 8 nitrogen and oxygen atoms in total. The molecular formula is C20H22N2O6S. The number of hydrogen-bond donors (Lipinski definition) is 1. The zero-order valence-electron chi connectivity index (χ0n) is 16.4. The van der Waals surface area contributed by atoms with Gasteiger partial charge in [0.1, 0.15) is 5.75 Å². The lowest BCUT2D eigenvalue weighted by Gasteiger charge is -2.19. The van der Waals surface area contributed by atoms with Gasteiger partial charge in [-0.2, -0.15) is 0 Å². The molecule has 0 radical (unpaired) electrons. The number of sulfonamides is 1. The molecule has 0 bridgehead atoms. The van der Waals surface area contributed by atoms with E-state index in [-0.39, 0.29) is 27.8 Å². The minimum Gasteiger partial charge on any atom is -0.495 e. The Morgan fingerprint density at radius 1 is 1.14 bits per heavy atom. The third-order valence-corrected chi connectivity index (χ3v) is 6.07. The van der Waals surface area contributed by atoms with E-state index in [1.54, 1.807) is 17.9 Å². The van der Waals surface area contributed by atoms with Crippen LogP contribution in [-0.2, 0) is 19.6 Å². The number of amides is 1. The van der Waals surface area contributed by atoms with Gasteiger partial charge in [0.15, 0.2) is 0 Å². The largest absolute Gasteiger partial charge is 0.495 e. The van der Waals surface area contributed by atoms with Gasteiger partial charge < -0.3 is 14.4 Å². The molecule has 29 heavy (non-hydrogen) atoms. The fourth-order valence-electron chi connectivity index (χ4n) is 3.24. The van der Waals surface area contributed by atoms with E-state index in [0.29, 0.717) is 24.2 Å². The van der Waals surface area contributed by atoms with Crippen LogP contribution in [0.3, 0.4) is 0 Å². The summed E-state index contributed by atoms with van der Waals surface area (Å²) in [5.41, 5.74) is 1.69. The average molecular weight is 418 g/mol. The number of aryl methyl sites for hydroxylation is 1. The Kier molecular flexibility index (Phi) is 5.78. The van der Waals surface area contributed by atoms with Gasteiger partial charge in [0.05, 0.1) is 30.4 Å². The average Bonchev–Trinajstić information content (AvgIpc) is 3.12. The van der Waals surface area contributed by atoms with Crippen LogP contribution in [0.5, 0.6) is 5.75 Å². The van der Waals surface area contributed by atoms with E-state index < -0.39 is 16.0 Å². The molecule has 2 aromatic rings. The Morgan fingerprint density at radius 3 is 2.48 bits per heavy atom. The predicted octanol–water partition coefficient (Wildman–Crippen LogP) is 2.72. The first-order chi connectivity index (χ1) is 13.8. The van der Waals surface area contributed by atoms with Gasteiger partial charge in [-0.1, -0.05) is 0 Å². The summed E-state index contributed by atoms with van der Waals surface area (Å²) >= 11 is 0. The van der Waals surface area contributed by atoms with Gasteiger partial charge in [-0.15, -0.1) is 0 Å². The lowest BCUT2D eigenvalue weighted by Crippen LogP contribution is -2.24. The number of rotatable bonds is 6. The van der Waals surface area contributed by atoms with Crippen LogP contribution < -0.4 is 14.4 Å². The van der Waals surface area contributed by atoms with E-state index >= 15 is 0 Å². The Labute approximate surface area is 169 Å². The van der Waals surface area contributed by atoms with E-state index in [9.17, 15) is 18.0 Å². The standard InChI is InChI=1S/C20H22N2O6S/c1-13-11-15(7-8-17(13)22-10-4-5-19(22)23)29(25,26)21-16-12-14(20(24)28-3)6-9-18(16)27-2/h6-9,11-12,21H,4-5,10H2,1-3H3. The molecule has 154 valence electrons. The number of ether oxygens (including phenoxy) is 2. The summed E-state index contributed by atoms with van der Waals surface area (Å²) in [6.45, 7) is 2.39. The van der Waals surface area contributed by atoms with Crippen LogP contribution in [0.4, 0.5) is 11.4 Å². The van der Waals surface area contributed by atoms with E-state index in [1.807, 2.05) is 0 Å². The van der Waals surface area contributed by atoms with E-state index in [2.05, 4.69) is 9.46 Å². The van der Waals surface area contributed by atoms with Crippen molar-refractivity contribution in [2.45, 2.75) is 24.7 Å². The minimum absolute atomic E-state index is 0.0335. The normalized spacial score (nSPS) is 14.0. The molecule has 3 rings (SSSR count). The fourth-order valence-corrected chi connectivity index (χ4v) is 4.38. The van der Waals surface area contributed by atoms with Gasteiger partial charge in [-0.05, 0) is 55.3 Å². The number of methoxy groups -OCH3 is 2. The molecule has 1 amide bonds. The predicted molar refractivity (Wildman–Crippen MR) is 108 cm³/mol. The number of nitrogens with one attached hydrogen (secondary N) is 1. The number of benzene rings is 2. The van der Waals surface area contributed by atoms with Crippen LogP contribution in [0.2, 0.25) is 0 Å². The van der Waals surface area contributed by atoms with Crippen LogP contribution >= 0.6 is 0 Å². The third kappa shape index (κ3) is 4.19. The zero-order chi connectivity index (χ0) is 21.2. The highest BCUT2D eigenvalue weighted by Gasteiger charge is 2.25. The molecule has 1 saturated heterocycles. The smallest absolute Gasteiger partial charge is 0.337 e. The number of esters is 1. The van der Waals surface area contributed by atoms with Crippen molar-refractivity contribution in [3.63, 3.8) is 0 Å². The Hall–Kier alpha value is -3.07. The molecule has 0 spiro atoms. The van der Waals surface area contributed by atoms with Gasteiger partial charge in [0.25, 0.3) is 10.0 Å². The summed E-state index contributed by atoms with van der Waals surface area (Å²) in [6.07, 6.45) is 1.29. The number of anilines is 2. The van der Waals surface area contributed by atoms with Gasteiger partial charge in [0.2, 0.25) is 5.91 Å². The van der Waals surface area contributed by atoms with Crippen LogP contribution in [0.25, 0.3) is 0 Å². The Balaban J connectivity index is 1.93. The first kappa shape index (κ1) is 20.7. The number of carbonyl (C=O) groups excluding carboxylic acids is 2. The van der Waals surface area contributed by atoms with Crippen molar-refractivity contribution in [1.82, 2.24) is 0 Å². The van der Waals surface area contributed by atoms with Crippen molar-refractivity contribution in [2.24, 2.45) is 0 Å². The minimum atomic E-state index is -3.96. The second-order valence-corrected chi connectivity index (χ2v) is 8.29. The van der Waals surface area contributed by atoms with Gasteiger partial charge in [-0.25, -0.2) is 13.2 Å². The zero-order valence-corrected chi connectivity index (χ0v) is 17.2. The molecule has 9 heteroatoms. The Morgan fingerprint density at radius 2 is 1.90 bits per heavy atom. The van der Waals surface area contributed by atoms with Crippen molar-refractivity contribution in [2.75, 3.05) is 30.4 Å². The van der Waals surface area contributed by atoms with Gasteiger partial charge in [-0.3, -0.25) is 9.52 Å². The topological polar surface area (TPSA) is 102 Å². The molecule has 0 unspecified atom stereocenters. The van der Waals surface area contributed by atoms with Gasteiger partial charge in [0, 0.05) is 18.7 Å². The monoisotopic (exact) mass is 418 g/mol. The highest BCUT2D eigenvalue weighted by Crippen LogP contribution is 2.31. The first-order valence-corrected chi connectivity index (χ1v) is 10.5. The summed E-state index contributed by atoms with van der Waals surface area (Å²) in [7, 11) is -1.32. The summed E-state index contributed by atoms with van der Waals surface area (Å²) < 4.78 is 38.1. The maximum Gasteiger partial charge on any atom is 0.337 e. The summed E-state index contributed by atoms with van der Waals surface area (Å²) in [6, 6.07) is 8.92. The van der Waals surface area contributed by atoms with E-state index in [0.717, 1.165) is 6.42 Å². The molecule has 1 aliphatic heterocycles. The molecule has 0 saturated carbocycles. The van der Waals surface area contributed by atoms with Crippen LogP contribution in [-0.4, -0.2) is 41.1 Å². The highest BCUT2D eigenvalue weighted by molar-refractivity contribution is 7.92. The van der Waals surface area contributed by atoms with Crippen molar-refractivity contribution < 1.29 is 27.5 Å². The SMILES string of the molecule is COC(=O)c1ccc(OC)c(NS(=O)(=O)c2ccc(N3CCCC3=O)c(C)c2)c1. The lowest BCUT2D eigenvalue weighted by molar-refractivity contribution is -0.117. The summed E-state index contributed by atoms with van der Waals surface area (Å²) in [5.74, 6) is -0.299. The van der Waals surface area contributed by atoms with Crippen molar-refractivity contribution >= 4 is 33.3 Å². The summed E-state index contributed by atoms with van der Waals surface area (Å²) in [5, 5.41) is 0. The maximum atomic E-state index is 12.9. The molecule has 2 aromatic carbocycles. The molecular weight excluding hydrogens is 396 g/mol. The lowest BCUT2D eigenvalue weighted by atomic mass is 10.2. The quantitative estimate of drug-likeness (QED) is 0.724. The number of carbonyl (C=O) groups is 2. The van der Waals surface area contributed by atoms with Crippen molar-refractivity contribution in [3.05, 3.63) is 47.5 Å². The van der Waals surface area contributed by atoms with Gasteiger partial charge >= 0.3 is 5.97 Å². The fraction of sp³-hybridized carbons (Fsp3) is 0.300. The molecule has 1 aliphatic rings. The van der Waals surface area contributed by atoms with Crippen LogP contribution in [0, 0.1) is 6.92 Å². The molecule has 0 aliphatic carbocycles. The molecule has 0 atom stereocenters. The second kappa shape index (κ2) is 8.12. The maximum absolute atomic E-state index is 12.9. The number of nitrogens with zero attached hydrogens (tertiary/aromatic N) is 1. The second-order valence-electron chi connectivity index (χ2n) is 6.61. The molecule has 0 aromatic heterocycles.